The minimum Gasteiger partial charge on any atom is -0.0840 e. The Hall–Kier alpha value is -0.400. The maximum absolute atomic E-state index is 6.17. The maximum atomic E-state index is 6.17. The highest BCUT2D eigenvalue weighted by molar-refractivity contribution is 6.44. The van der Waals surface area contributed by atoms with Crippen LogP contribution in [0.5, 0.6) is 0 Å². The van der Waals surface area contributed by atoms with Gasteiger partial charge in [-0.1, -0.05) is 58.5 Å². The third-order valence-electron chi connectivity index (χ3n) is 2.57. The van der Waals surface area contributed by atoms with Crippen LogP contribution in [-0.2, 0) is 0 Å². The van der Waals surface area contributed by atoms with E-state index in [1.165, 1.54) is 0 Å². The van der Waals surface area contributed by atoms with Crippen LogP contribution in [0.15, 0.2) is 30.3 Å². The Morgan fingerprint density at radius 3 is 2.06 bits per heavy atom. The topological polar surface area (TPSA) is 0 Å². The molecule has 4 heteroatoms. The lowest BCUT2D eigenvalue weighted by atomic mass is 10.0. The summed E-state index contributed by atoms with van der Waals surface area (Å²) in [6.45, 7) is 1.94. The number of hydrogen-bond acceptors (Lipinski definition) is 0. The van der Waals surface area contributed by atoms with Gasteiger partial charge in [0.15, 0.2) is 0 Å². The van der Waals surface area contributed by atoms with Gasteiger partial charge in [0.1, 0.15) is 0 Å². The Labute approximate surface area is 120 Å². The van der Waals surface area contributed by atoms with Crippen LogP contribution < -0.4 is 0 Å². The molecule has 0 nitrogen and oxygen atoms in total. The molecule has 0 atom stereocenters. The first-order chi connectivity index (χ1) is 8.00. The minimum absolute atomic E-state index is 0.445. The minimum atomic E-state index is 0.445. The van der Waals surface area contributed by atoms with Gasteiger partial charge in [-0.3, -0.25) is 0 Å². The fourth-order valence-electron chi connectivity index (χ4n) is 1.63. The van der Waals surface area contributed by atoms with Crippen molar-refractivity contribution < 1.29 is 0 Å². The summed E-state index contributed by atoms with van der Waals surface area (Å²) in [5.74, 6) is 0. The van der Waals surface area contributed by atoms with Crippen LogP contribution in [0.2, 0.25) is 20.1 Å². The molecule has 0 aliphatic rings. The largest absolute Gasteiger partial charge is 0.0840 e. The molecule has 0 aromatic heterocycles. The van der Waals surface area contributed by atoms with Gasteiger partial charge in [-0.15, -0.1) is 0 Å². The van der Waals surface area contributed by atoms with E-state index in [-0.39, 0.29) is 0 Å². The van der Waals surface area contributed by atoms with E-state index in [1.54, 1.807) is 12.1 Å². The van der Waals surface area contributed by atoms with Crippen molar-refractivity contribution in [2.45, 2.75) is 6.92 Å². The van der Waals surface area contributed by atoms with Crippen LogP contribution in [0, 0.1) is 6.92 Å². The Morgan fingerprint density at radius 1 is 0.706 bits per heavy atom. The van der Waals surface area contributed by atoms with Crippen molar-refractivity contribution in [2.24, 2.45) is 0 Å². The molecule has 0 N–H and O–H groups in total. The summed E-state index contributed by atoms with van der Waals surface area (Å²) < 4.78 is 0. The van der Waals surface area contributed by atoms with Crippen molar-refractivity contribution in [1.82, 2.24) is 0 Å². The van der Waals surface area contributed by atoms with E-state index in [2.05, 4.69) is 0 Å². The van der Waals surface area contributed by atoms with E-state index < -0.39 is 0 Å². The van der Waals surface area contributed by atoms with Gasteiger partial charge in [-0.2, -0.15) is 0 Å². The summed E-state index contributed by atoms with van der Waals surface area (Å²) in [6, 6.07) is 9.06. The van der Waals surface area contributed by atoms with Crippen LogP contribution in [0.1, 0.15) is 5.56 Å². The van der Waals surface area contributed by atoms with Crippen molar-refractivity contribution in [2.75, 3.05) is 0 Å². The zero-order valence-electron chi connectivity index (χ0n) is 8.90. The Bertz CT molecular complexity index is 576. The van der Waals surface area contributed by atoms with Crippen molar-refractivity contribution in [3.05, 3.63) is 56.0 Å². The van der Waals surface area contributed by atoms with Crippen LogP contribution in [0.25, 0.3) is 11.1 Å². The average molecular weight is 306 g/mol. The van der Waals surface area contributed by atoms with Crippen LogP contribution >= 0.6 is 46.4 Å². The molecule has 0 bridgehead atoms. The second kappa shape index (κ2) is 5.07. The quantitative estimate of drug-likeness (QED) is 0.544. The Balaban J connectivity index is 2.69. The summed E-state index contributed by atoms with van der Waals surface area (Å²) in [5.41, 5.74) is 2.76. The van der Waals surface area contributed by atoms with Crippen LogP contribution in [0.3, 0.4) is 0 Å². The highest BCUT2D eigenvalue weighted by Crippen LogP contribution is 2.37. The predicted molar refractivity (Wildman–Crippen MR) is 76.7 cm³/mol. The normalized spacial score (nSPS) is 10.6. The highest BCUT2D eigenvalue weighted by atomic mass is 35.5. The molecule has 0 saturated carbocycles. The molecule has 88 valence electrons. The van der Waals surface area contributed by atoms with Gasteiger partial charge in [0.25, 0.3) is 0 Å². The summed E-state index contributed by atoms with van der Waals surface area (Å²) in [4.78, 5) is 0. The molecule has 0 amide bonds. The standard InChI is InChI=1S/C13H8Cl4/c1-7-8(3-2-4-10(7)14)9-5-12(16)13(17)6-11(9)15/h2-6H,1H3. The molecule has 0 aliphatic heterocycles. The second-order valence-electron chi connectivity index (χ2n) is 3.66. The molecule has 2 rings (SSSR count). The fraction of sp³-hybridized carbons (Fsp3) is 0.0769. The molecule has 2 aromatic rings. The van der Waals surface area contributed by atoms with Crippen molar-refractivity contribution in [3.63, 3.8) is 0 Å². The van der Waals surface area contributed by atoms with Gasteiger partial charge < -0.3 is 0 Å². The summed E-state index contributed by atoms with van der Waals surface area (Å²) >= 11 is 24.2. The zero-order chi connectivity index (χ0) is 12.6. The van der Waals surface area contributed by atoms with Gasteiger partial charge in [0, 0.05) is 15.6 Å². The second-order valence-corrected chi connectivity index (χ2v) is 5.29. The van der Waals surface area contributed by atoms with E-state index in [0.717, 1.165) is 16.7 Å². The van der Waals surface area contributed by atoms with E-state index in [4.69, 9.17) is 46.4 Å². The van der Waals surface area contributed by atoms with Gasteiger partial charge in [0.2, 0.25) is 0 Å². The lowest BCUT2D eigenvalue weighted by Gasteiger charge is -2.10. The molecule has 0 heterocycles. The van der Waals surface area contributed by atoms with Gasteiger partial charge >= 0.3 is 0 Å². The molecular formula is C13H8Cl4. The third-order valence-corrected chi connectivity index (χ3v) is 4.01. The Morgan fingerprint density at radius 2 is 1.35 bits per heavy atom. The molecule has 0 unspecified atom stereocenters. The number of halogens is 4. The molecule has 0 spiro atoms. The van der Waals surface area contributed by atoms with Crippen LogP contribution in [0.4, 0.5) is 0 Å². The van der Waals surface area contributed by atoms with Gasteiger partial charge in [-0.05, 0) is 36.2 Å². The first-order valence-electron chi connectivity index (χ1n) is 4.90. The molecule has 0 radical (unpaired) electrons. The monoisotopic (exact) mass is 304 g/mol. The molecule has 0 saturated heterocycles. The van der Waals surface area contributed by atoms with E-state index in [0.29, 0.717) is 20.1 Å². The molecular weight excluding hydrogens is 298 g/mol. The Kier molecular flexibility index (Phi) is 3.89. The summed E-state index contributed by atoms with van der Waals surface area (Å²) in [5, 5.41) is 2.18. The molecule has 0 fully saturated rings. The summed E-state index contributed by atoms with van der Waals surface area (Å²) in [6.07, 6.45) is 0. The zero-order valence-corrected chi connectivity index (χ0v) is 11.9. The SMILES string of the molecule is Cc1c(Cl)cccc1-c1cc(Cl)c(Cl)cc1Cl. The van der Waals surface area contributed by atoms with E-state index >= 15 is 0 Å². The number of benzene rings is 2. The maximum Gasteiger partial charge on any atom is 0.0607 e. The van der Waals surface area contributed by atoms with E-state index in [9.17, 15) is 0 Å². The van der Waals surface area contributed by atoms with Gasteiger partial charge in [-0.25, -0.2) is 0 Å². The van der Waals surface area contributed by atoms with E-state index in [1.807, 2.05) is 25.1 Å². The fourth-order valence-corrected chi connectivity index (χ4v) is 2.45. The lowest BCUT2D eigenvalue weighted by Crippen LogP contribution is -1.86. The summed E-state index contributed by atoms with van der Waals surface area (Å²) in [7, 11) is 0. The average Bonchev–Trinajstić information content (AvgIpc) is 2.28. The lowest BCUT2D eigenvalue weighted by molar-refractivity contribution is 1.46. The molecule has 17 heavy (non-hydrogen) atoms. The van der Waals surface area contributed by atoms with Crippen LogP contribution in [-0.4, -0.2) is 0 Å². The molecule has 0 aliphatic carbocycles. The van der Waals surface area contributed by atoms with Crippen molar-refractivity contribution in [1.29, 1.82) is 0 Å². The third kappa shape index (κ3) is 2.56. The van der Waals surface area contributed by atoms with Crippen molar-refractivity contribution >= 4 is 46.4 Å². The predicted octanol–water partition coefficient (Wildman–Crippen LogP) is 6.28. The van der Waals surface area contributed by atoms with Crippen molar-refractivity contribution in [3.8, 4) is 11.1 Å². The number of rotatable bonds is 1. The first kappa shape index (κ1) is 13.0. The smallest absolute Gasteiger partial charge is 0.0607 e. The first-order valence-corrected chi connectivity index (χ1v) is 6.42. The van der Waals surface area contributed by atoms with Gasteiger partial charge in [0.05, 0.1) is 10.0 Å². The molecule has 2 aromatic carbocycles. The number of hydrogen-bond donors (Lipinski definition) is 0. The highest BCUT2D eigenvalue weighted by Gasteiger charge is 2.11.